The number of carbonyl (C=O) groups is 4. The highest BCUT2D eigenvalue weighted by Crippen LogP contribution is 2.55. The molecule has 0 spiro atoms. The third kappa shape index (κ3) is 11.7. The first-order chi connectivity index (χ1) is 33.6. The van der Waals surface area contributed by atoms with Crippen LogP contribution in [0.5, 0.6) is 5.75 Å². The normalized spacial score (nSPS) is 21.5. The van der Waals surface area contributed by atoms with Gasteiger partial charge in [-0.3, -0.25) is 24.1 Å². The Bertz CT molecular complexity index is 2640. The summed E-state index contributed by atoms with van der Waals surface area (Å²) in [7, 11) is 0. The Morgan fingerprint density at radius 1 is 0.930 bits per heavy atom. The quantitative estimate of drug-likeness (QED) is 0.104. The highest BCUT2D eigenvalue weighted by molar-refractivity contribution is 7.13. The van der Waals surface area contributed by atoms with Crippen molar-refractivity contribution in [2.24, 2.45) is 16.2 Å². The Balaban J connectivity index is 0.833. The van der Waals surface area contributed by atoms with Crippen LogP contribution in [0.25, 0.3) is 10.4 Å². The lowest BCUT2D eigenvalue weighted by molar-refractivity contribution is -0.164. The smallest absolute Gasteiger partial charge is 0.253 e. The van der Waals surface area contributed by atoms with E-state index in [0.29, 0.717) is 37.6 Å². The monoisotopic (exact) mass is 986 g/mol. The Hall–Kier alpha value is -6.44. The summed E-state index contributed by atoms with van der Waals surface area (Å²) in [4.78, 5) is 70.5. The van der Waals surface area contributed by atoms with Crippen molar-refractivity contribution in [3.8, 4) is 28.3 Å². The van der Waals surface area contributed by atoms with Gasteiger partial charge in [0.05, 0.1) is 51.5 Å². The molecule has 3 aliphatic rings. The second-order valence-electron chi connectivity index (χ2n) is 21.1. The summed E-state index contributed by atoms with van der Waals surface area (Å²) < 4.78 is 12.2. The van der Waals surface area contributed by atoms with Crippen LogP contribution in [0.15, 0.2) is 66.3 Å². The van der Waals surface area contributed by atoms with Crippen molar-refractivity contribution in [2.75, 3.05) is 57.4 Å². The third-order valence-corrected chi connectivity index (χ3v) is 15.1. The number of nitrogens with one attached hydrogen (secondary N) is 3. The minimum absolute atomic E-state index is 0.0223. The fourth-order valence-electron chi connectivity index (χ4n) is 10.4. The van der Waals surface area contributed by atoms with Gasteiger partial charge in [0.25, 0.3) is 5.91 Å². The SMILES string of the molecule is Cc1ncsc1-c1ccc([C@H](C)NC(=O)[C@@H]2C[C@@H](O)CN2C(=O)[C@@H](NC(=O)COCCN2CCN(c3ccc(C(=O)NC4C(C)(C)C(Oc5ccc(C#N)c(C#N)c5)C4(C)C)cn3)CC2)C(C)(C)C)cc1. The largest absolute Gasteiger partial charge is 0.489 e. The lowest BCUT2D eigenvalue weighted by atomic mass is 9.49. The third-order valence-electron chi connectivity index (χ3n) is 14.2. The fraction of sp³-hybridized carbons (Fsp3) is 0.509. The van der Waals surface area contributed by atoms with Gasteiger partial charge in [0.2, 0.25) is 17.7 Å². The zero-order valence-electron chi connectivity index (χ0n) is 42.1. The number of hydrogen-bond donors (Lipinski definition) is 4. The first kappa shape index (κ1) is 52.4. The molecule has 4 atom stereocenters. The van der Waals surface area contributed by atoms with Crippen LogP contribution in [0.2, 0.25) is 0 Å². The van der Waals surface area contributed by atoms with E-state index < -0.39 is 46.2 Å². The number of nitriles is 2. The van der Waals surface area contributed by atoms with Crippen LogP contribution >= 0.6 is 11.3 Å². The van der Waals surface area contributed by atoms with Crippen LogP contribution in [0, 0.1) is 45.8 Å². The van der Waals surface area contributed by atoms with E-state index in [2.05, 4.69) is 41.8 Å². The van der Waals surface area contributed by atoms with E-state index in [9.17, 15) is 34.8 Å². The highest BCUT2D eigenvalue weighted by atomic mass is 32.1. The molecule has 2 saturated heterocycles. The van der Waals surface area contributed by atoms with Crippen LogP contribution in [0.3, 0.4) is 0 Å². The van der Waals surface area contributed by atoms with E-state index in [4.69, 9.17) is 9.47 Å². The highest BCUT2D eigenvalue weighted by Gasteiger charge is 2.64. The molecule has 71 heavy (non-hydrogen) atoms. The number of amides is 4. The number of likely N-dealkylation sites (tertiary alicyclic amines) is 1. The van der Waals surface area contributed by atoms with E-state index in [1.54, 1.807) is 41.8 Å². The molecule has 4 heterocycles. The maximum atomic E-state index is 14.1. The average Bonchev–Trinajstić information content (AvgIpc) is 3.97. The Labute approximate surface area is 420 Å². The molecular weight excluding hydrogens is 921 g/mol. The van der Waals surface area contributed by atoms with Gasteiger partial charge in [0.15, 0.2) is 0 Å². The molecule has 1 saturated carbocycles. The van der Waals surface area contributed by atoms with Crippen molar-refractivity contribution in [1.29, 1.82) is 10.5 Å². The molecule has 4 N–H and O–H groups in total. The number of pyridine rings is 1. The molecule has 0 radical (unpaired) electrons. The van der Waals surface area contributed by atoms with Crippen LogP contribution in [0.1, 0.15) is 101 Å². The number of aryl methyl sites for hydroxylation is 1. The maximum Gasteiger partial charge on any atom is 0.253 e. The number of nitrogens with zero attached hydrogens (tertiary/aromatic N) is 7. The number of β-amino-alcohol motifs (C(OH)–C–C–N with tert-alkyl or cyclic N) is 1. The number of rotatable bonds is 16. The van der Waals surface area contributed by atoms with Gasteiger partial charge < -0.3 is 40.3 Å². The number of anilines is 1. The minimum atomic E-state index is -0.970. The molecular formula is C53H66N10O7S. The van der Waals surface area contributed by atoms with E-state index in [-0.39, 0.29) is 60.7 Å². The van der Waals surface area contributed by atoms with E-state index in [0.717, 1.165) is 40.6 Å². The number of benzene rings is 2. The van der Waals surface area contributed by atoms with Crippen molar-refractivity contribution in [3.05, 3.63) is 94.3 Å². The van der Waals surface area contributed by atoms with Gasteiger partial charge in [-0.15, -0.1) is 11.3 Å². The zero-order chi connectivity index (χ0) is 51.4. The molecule has 2 aromatic carbocycles. The second-order valence-corrected chi connectivity index (χ2v) is 22.0. The predicted octanol–water partition coefficient (Wildman–Crippen LogP) is 5.38. The number of ether oxygens (including phenoxy) is 2. The van der Waals surface area contributed by atoms with Gasteiger partial charge in [0.1, 0.15) is 48.5 Å². The summed E-state index contributed by atoms with van der Waals surface area (Å²) in [5.41, 5.74) is 4.11. The predicted molar refractivity (Wildman–Crippen MR) is 269 cm³/mol. The number of carbonyl (C=O) groups excluding carboxylic acids is 4. The Kier molecular flexibility index (Phi) is 15.9. The number of hydrogen-bond acceptors (Lipinski definition) is 14. The summed E-state index contributed by atoms with van der Waals surface area (Å²) in [6, 6.07) is 18.1. The van der Waals surface area contributed by atoms with Gasteiger partial charge in [-0.25, -0.2) is 9.97 Å². The summed E-state index contributed by atoms with van der Waals surface area (Å²) in [6.45, 7) is 21.1. The number of aromatic nitrogens is 2. The topological polar surface area (TPSA) is 226 Å². The van der Waals surface area contributed by atoms with E-state index >= 15 is 0 Å². The molecule has 7 rings (SSSR count). The fourth-order valence-corrected chi connectivity index (χ4v) is 11.2. The number of aliphatic hydroxyl groups excluding tert-OH is 1. The molecule has 0 unspecified atom stereocenters. The molecule has 3 fully saturated rings. The van der Waals surface area contributed by atoms with Crippen molar-refractivity contribution >= 4 is 40.8 Å². The van der Waals surface area contributed by atoms with Crippen LogP contribution < -0.4 is 25.6 Å². The Morgan fingerprint density at radius 3 is 2.23 bits per heavy atom. The molecule has 17 nitrogen and oxygen atoms in total. The molecule has 2 aliphatic heterocycles. The molecule has 4 aromatic rings. The summed E-state index contributed by atoms with van der Waals surface area (Å²) in [5, 5.41) is 38.5. The average molecular weight is 987 g/mol. The van der Waals surface area contributed by atoms with Crippen LogP contribution in [0.4, 0.5) is 5.82 Å². The lowest BCUT2D eigenvalue weighted by Crippen LogP contribution is -2.74. The molecule has 0 bridgehead atoms. The molecule has 2 aromatic heterocycles. The van der Waals surface area contributed by atoms with Crippen molar-refractivity contribution in [3.63, 3.8) is 0 Å². The van der Waals surface area contributed by atoms with Gasteiger partial charge >= 0.3 is 0 Å². The first-order valence-corrected chi connectivity index (χ1v) is 25.0. The van der Waals surface area contributed by atoms with Gasteiger partial charge in [-0.1, -0.05) is 72.7 Å². The van der Waals surface area contributed by atoms with Crippen molar-refractivity contribution in [2.45, 2.75) is 105 Å². The number of piperazine rings is 1. The molecule has 376 valence electrons. The van der Waals surface area contributed by atoms with Gasteiger partial charge in [-0.2, -0.15) is 10.5 Å². The van der Waals surface area contributed by atoms with Gasteiger partial charge in [0, 0.05) is 68.8 Å². The lowest BCUT2D eigenvalue weighted by Gasteiger charge is -2.63. The summed E-state index contributed by atoms with van der Waals surface area (Å²) >= 11 is 1.57. The maximum absolute atomic E-state index is 14.1. The second kappa shape index (κ2) is 21.5. The molecule has 4 amide bonds. The number of aliphatic hydroxyl groups is 1. The van der Waals surface area contributed by atoms with E-state index in [1.165, 1.54) is 4.90 Å². The van der Waals surface area contributed by atoms with Crippen molar-refractivity contribution < 1.29 is 33.8 Å². The Morgan fingerprint density at radius 2 is 1.62 bits per heavy atom. The summed E-state index contributed by atoms with van der Waals surface area (Å²) in [6.07, 6.45) is 0.529. The zero-order valence-corrected chi connectivity index (χ0v) is 42.9. The minimum Gasteiger partial charge on any atom is -0.489 e. The van der Waals surface area contributed by atoms with Crippen LogP contribution in [-0.4, -0.2) is 131 Å². The first-order valence-electron chi connectivity index (χ1n) is 24.1. The van der Waals surface area contributed by atoms with Crippen molar-refractivity contribution in [1.82, 2.24) is 35.7 Å². The molecule has 1 aliphatic carbocycles. The number of thiazole rings is 1. The van der Waals surface area contributed by atoms with E-state index in [1.807, 2.05) is 104 Å². The van der Waals surface area contributed by atoms with Gasteiger partial charge in [-0.05, 0) is 60.7 Å². The standard InChI is InChI=1S/C53H66N10O7S/c1-32(34-10-12-35(13-11-34)44-33(2)57-31-71-44)58-47(67)41-25-39(64)29-63(41)48(68)45(51(3,4)5)59-43(65)30-69-23-22-61-18-20-62(21-19-61)42-17-15-37(28-56-42)46(66)60-49-52(6,7)50(53(49,8)9)70-40-16-14-36(26-54)38(24-40)27-55/h10-17,24,28,31-32,39,41,45,49-50,64H,18-23,25,29-30H2,1-9H3,(H,58,67)(H,59,65)(H,60,66)/t32-,39+,41-,45+,49?,50?/m0/s1. The summed E-state index contributed by atoms with van der Waals surface area (Å²) in [5.74, 6) is -0.230. The van der Waals surface area contributed by atoms with Crippen LogP contribution in [-0.2, 0) is 19.1 Å². The molecule has 18 heteroatoms.